The summed E-state index contributed by atoms with van der Waals surface area (Å²) in [4.78, 5) is 12.8. The number of carbonyl (C=O) groups is 1. The van der Waals surface area contributed by atoms with E-state index in [0.717, 1.165) is 10.6 Å². The summed E-state index contributed by atoms with van der Waals surface area (Å²) in [5.74, 6) is 0.000237. The van der Waals surface area contributed by atoms with E-state index >= 15 is 0 Å². The van der Waals surface area contributed by atoms with Gasteiger partial charge in [-0.15, -0.1) is 11.8 Å². The molecule has 100 valence electrons. The van der Waals surface area contributed by atoms with Gasteiger partial charge >= 0.3 is 0 Å². The molecule has 0 spiro atoms. The fourth-order valence-corrected chi connectivity index (χ4v) is 2.36. The number of benzene rings is 1. The molecular weight excluding hydrogens is 246 g/mol. The van der Waals surface area contributed by atoms with Crippen molar-refractivity contribution in [2.24, 2.45) is 0 Å². The summed E-state index contributed by atoms with van der Waals surface area (Å²) in [6, 6.07) is 7.88. The van der Waals surface area contributed by atoms with E-state index in [1.807, 2.05) is 31.2 Å². The topological polar surface area (TPSA) is 38.3 Å². The van der Waals surface area contributed by atoms with Crippen LogP contribution >= 0.6 is 11.8 Å². The van der Waals surface area contributed by atoms with Gasteiger partial charge in [0.15, 0.2) is 0 Å². The number of rotatable bonds is 7. The lowest BCUT2D eigenvalue weighted by Gasteiger charge is -2.12. The molecule has 0 atom stereocenters. The first-order valence-electron chi connectivity index (χ1n) is 6.26. The summed E-state index contributed by atoms with van der Waals surface area (Å²) >= 11 is 1.75. The van der Waals surface area contributed by atoms with Gasteiger partial charge in [0.1, 0.15) is 0 Å². The van der Waals surface area contributed by atoms with Gasteiger partial charge in [0.2, 0.25) is 5.91 Å². The molecule has 1 rings (SSSR count). The van der Waals surface area contributed by atoms with E-state index in [1.54, 1.807) is 11.8 Å². The van der Waals surface area contributed by atoms with Gasteiger partial charge in [0.25, 0.3) is 0 Å². The first-order chi connectivity index (χ1) is 8.63. The minimum absolute atomic E-state index is 0.000237. The van der Waals surface area contributed by atoms with Gasteiger partial charge in [-0.3, -0.25) is 4.79 Å². The fourth-order valence-electron chi connectivity index (χ4n) is 1.45. The average Bonchev–Trinajstić information content (AvgIpc) is 2.31. The van der Waals surface area contributed by atoms with E-state index < -0.39 is 0 Å². The Morgan fingerprint density at radius 2 is 2.11 bits per heavy atom. The monoisotopic (exact) mass is 267 g/mol. The predicted molar refractivity (Wildman–Crippen MR) is 77.2 cm³/mol. The maximum atomic E-state index is 11.7. The highest BCUT2D eigenvalue weighted by Crippen LogP contribution is 2.30. The second-order valence-corrected chi connectivity index (χ2v) is 5.78. The van der Waals surface area contributed by atoms with Crippen molar-refractivity contribution < 1.29 is 9.53 Å². The van der Waals surface area contributed by atoms with Gasteiger partial charge < -0.3 is 10.1 Å². The zero-order chi connectivity index (χ0) is 13.4. The Hall–Kier alpha value is -1.00. The second kappa shape index (κ2) is 8.16. The maximum Gasteiger partial charge on any atom is 0.226 e. The fraction of sp³-hybridized carbons (Fsp3) is 0.500. The highest BCUT2D eigenvalue weighted by Gasteiger charge is 2.08. The van der Waals surface area contributed by atoms with Crippen LogP contribution in [0, 0.1) is 0 Å². The smallest absolute Gasteiger partial charge is 0.226 e. The quantitative estimate of drug-likeness (QED) is 0.606. The van der Waals surface area contributed by atoms with Gasteiger partial charge in [-0.05, 0) is 19.1 Å². The van der Waals surface area contributed by atoms with E-state index in [4.69, 9.17) is 4.74 Å². The highest BCUT2D eigenvalue weighted by molar-refractivity contribution is 8.00. The van der Waals surface area contributed by atoms with E-state index in [2.05, 4.69) is 19.2 Å². The number of anilines is 1. The molecule has 0 saturated heterocycles. The lowest BCUT2D eigenvalue weighted by Crippen LogP contribution is -2.14. The van der Waals surface area contributed by atoms with Crippen LogP contribution in [-0.4, -0.2) is 24.4 Å². The van der Waals surface area contributed by atoms with Crippen LogP contribution in [0.25, 0.3) is 0 Å². The Balaban J connectivity index is 2.57. The van der Waals surface area contributed by atoms with Crippen molar-refractivity contribution in [2.45, 2.75) is 37.3 Å². The van der Waals surface area contributed by atoms with Crippen LogP contribution < -0.4 is 5.32 Å². The number of hydrogen-bond acceptors (Lipinski definition) is 3. The Bertz CT molecular complexity index is 380. The molecule has 0 fully saturated rings. The molecule has 0 radical (unpaired) electrons. The van der Waals surface area contributed by atoms with Crippen LogP contribution in [0.15, 0.2) is 29.2 Å². The summed E-state index contributed by atoms with van der Waals surface area (Å²) in [5.41, 5.74) is 0.887. The summed E-state index contributed by atoms with van der Waals surface area (Å²) in [5, 5.41) is 3.43. The molecule has 0 saturated carbocycles. The van der Waals surface area contributed by atoms with Crippen molar-refractivity contribution >= 4 is 23.4 Å². The molecule has 0 unspecified atom stereocenters. The number of ether oxygens (including phenoxy) is 1. The Morgan fingerprint density at radius 1 is 1.39 bits per heavy atom. The number of thioether (sulfide) groups is 1. The summed E-state index contributed by atoms with van der Waals surface area (Å²) in [6.45, 7) is 7.32. The number of amides is 1. The van der Waals surface area contributed by atoms with E-state index in [-0.39, 0.29) is 5.91 Å². The first-order valence-corrected chi connectivity index (χ1v) is 7.14. The number of nitrogens with one attached hydrogen (secondary N) is 1. The number of para-hydroxylation sites is 1. The van der Waals surface area contributed by atoms with Crippen molar-refractivity contribution in [3.63, 3.8) is 0 Å². The van der Waals surface area contributed by atoms with Crippen LogP contribution in [0.2, 0.25) is 0 Å². The SMILES string of the molecule is CCOCCC(=O)Nc1ccccc1SC(C)C. The summed E-state index contributed by atoms with van der Waals surface area (Å²) < 4.78 is 5.17. The van der Waals surface area contributed by atoms with Crippen molar-refractivity contribution in [3.05, 3.63) is 24.3 Å². The van der Waals surface area contributed by atoms with Crippen molar-refractivity contribution in [3.8, 4) is 0 Å². The third kappa shape index (κ3) is 5.56. The van der Waals surface area contributed by atoms with E-state index in [1.165, 1.54) is 0 Å². The maximum absolute atomic E-state index is 11.7. The molecule has 0 aromatic heterocycles. The van der Waals surface area contributed by atoms with Crippen molar-refractivity contribution in [1.29, 1.82) is 0 Å². The largest absolute Gasteiger partial charge is 0.381 e. The normalized spacial score (nSPS) is 10.7. The molecule has 0 heterocycles. The van der Waals surface area contributed by atoms with Gasteiger partial charge in [-0.1, -0.05) is 26.0 Å². The first kappa shape index (κ1) is 15.1. The van der Waals surface area contributed by atoms with Crippen LogP contribution in [0.3, 0.4) is 0 Å². The molecule has 0 aliphatic rings. The Kier molecular flexibility index (Phi) is 6.83. The Labute approximate surface area is 113 Å². The molecule has 18 heavy (non-hydrogen) atoms. The molecule has 3 nitrogen and oxygen atoms in total. The van der Waals surface area contributed by atoms with Gasteiger partial charge in [-0.25, -0.2) is 0 Å². The van der Waals surface area contributed by atoms with Gasteiger partial charge in [0, 0.05) is 16.8 Å². The van der Waals surface area contributed by atoms with Crippen molar-refractivity contribution in [1.82, 2.24) is 0 Å². The van der Waals surface area contributed by atoms with Gasteiger partial charge in [-0.2, -0.15) is 0 Å². The molecule has 0 bridgehead atoms. The molecule has 1 amide bonds. The highest BCUT2D eigenvalue weighted by atomic mass is 32.2. The second-order valence-electron chi connectivity index (χ2n) is 4.16. The Morgan fingerprint density at radius 3 is 2.78 bits per heavy atom. The predicted octanol–water partition coefficient (Wildman–Crippen LogP) is 3.55. The molecule has 1 aromatic rings. The zero-order valence-corrected chi connectivity index (χ0v) is 12.0. The van der Waals surface area contributed by atoms with Crippen LogP contribution in [0.4, 0.5) is 5.69 Å². The molecule has 1 aromatic carbocycles. The number of carbonyl (C=O) groups excluding carboxylic acids is 1. The zero-order valence-electron chi connectivity index (χ0n) is 11.2. The molecule has 1 N–H and O–H groups in total. The lowest BCUT2D eigenvalue weighted by atomic mass is 10.3. The third-order valence-corrected chi connectivity index (χ3v) is 3.28. The van der Waals surface area contributed by atoms with Crippen LogP contribution in [0.1, 0.15) is 27.2 Å². The average molecular weight is 267 g/mol. The van der Waals surface area contributed by atoms with Gasteiger partial charge in [0.05, 0.1) is 18.7 Å². The molecular formula is C14H21NO2S. The van der Waals surface area contributed by atoms with Crippen molar-refractivity contribution in [2.75, 3.05) is 18.5 Å². The molecule has 4 heteroatoms. The summed E-state index contributed by atoms with van der Waals surface area (Å²) in [6.07, 6.45) is 0.397. The molecule has 0 aliphatic heterocycles. The van der Waals surface area contributed by atoms with E-state index in [0.29, 0.717) is 24.9 Å². The lowest BCUT2D eigenvalue weighted by molar-refractivity contribution is -0.117. The standard InChI is InChI=1S/C14H21NO2S/c1-4-17-10-9-14(16)15-12-7-5-6-8-13(12)18-11(2)3/h5-8,11H,4,9-10H2,1-3H3,(H,15,16). The van der Waals surface area contributed by atoms with Crippen LogP contribution in [-0.2, 0) is 9.53 Å². The summed E-state index contributed by atoms with van der Waals surface area (Å²) in [7, 11) is 0. The minimum Gasteiger partial charge on any atom is -0.381 e. The molecule has 0 aliphatic carbocycles. The number of hydrogen-bond donors (Lipinski definition) is 1. The van der Waals surface area contributed by atoms with E-state index in [9.17, 15) is 4.79 Å². The third-order valence-electron chi connectivity index (χ3n) is 2.20. The van der Waals surface area contributed by atoms with Crippen LogP contribution in [0.5, 0.6) is 0 Å². The minimum atomic E-state index is 0.000237.